The maximum Gasteiger partial charge on any atom is 0.221 e. The zero-order chi connectivity index (χ0) is 14.2. The van der Waals surface area contributed by atoms with Gasteiger partial charge in [-0.2, -0.15) is 0 Å². The number of hydrogen-bond acceptors (Lipinski definition) is 4. The molecule has 1 amide bonds. The fourth-order valence-corrected chi connectivity index (χ4v) is 2.22. The molecule has 2 rings (SSSR count). The number of carbonyl (C=O) groups excluding carboxylic acids is 1. The molecule has 1 atom stereocenters. The van der Waals surface area contributed by atoms with Crippen molar-refractivity contribution in [3.63, 3.8) is 0 Å². The lowest BCUT2D eigenvalue weighted by molar-refractivity contribution is -0.122. The minimum absolute atomic E-state index is 0. The number of hydrogen-bond donors (Lipinski definition) is 2. The highest BCUT2D eigenvalue weighted by atomic mass is 35.5. The minimum atomic E-state index is 0. The first-order valence-corrected chi connectivity index (χ1v) is 7.10. The Kier molecular flexibility index (Phi) is 11.0. The number of likely N-dealkylation sites (N-methyl/N-ethyl adjacent to an activating group) is 1. The molecule has 1 heterocycles. The highest BCUT2D eigenvalue weighted by Crippen LogP contribution is 2.09. The van der Waals surface area contributed by atoms with Crippen molar-refractivity contribution < 1.29 is 9.53 Å². The van der Waals surface area contributed by atoms with Gasteiger partial charge in [0.25, 0.3) is 0 Å². The van der Waals surface area contributed by atoms with Gasteiger partial charge in [-0.05, 0) is 12.1 Å². The standard InChI is InChI=1S/C15H23N3O2.2ClH/c1-18(14-5-3-2-4-6-14)9-7-17-15(19)11-13-12-20-10-8-16-13;;/h2-6,13,16H,7-12H2,1H3,(H,17,19);2*1H. The van der Waals surface area contributed by atoms with Crippen molar-refractivity contribution in [1.82, 2.24) is 10.6 Å². The van der Waals surface area contributed by atoms with Gasteiger partial charge in [0.05, 0.1) is 13.2 Å². The van der Waals surface area contributed by atoms with Crippen LogP contribution in [0.3, 0.4) is 0 Å². The van der Waals surface area contributed by atoms with Crippen molar-refractivity contribution in [3.8, 4) is 0 Å². The number of carbonyl (C=O) groups is 1. The number of para-hydroxylation sites is 1. The van der Waals surface area contributed by atoms with Crippen molar-refractivity contribution in [1.29, 1.82) is 0 Å². The molecule has 5 nitrogen and oxygen atoms in total. The van der Waals surface area contributed by atoms with Crippen LogP contribution in [-0.2, 0) is 9.53 Å². The smallest absolute Gasteiger partial charge is 0.221 e. The average Bonchev–Trinajstić information content (AvgIpc) is 2.49. The Balaban J connectivity index is 0.00000220. The van der Waals surface area contributed by atoms with Gasteiger partial charge in [0.2, 0.25) is 5.91 Å². The molecule has 0 saturated carbocycles. The molecule has 1 saturated heterocycles. The summed E-state index contributed by atoms with van der Waals surface area (Å²) >= 11 is 0. The van der Waals surface area contributed by atoms with Crippen LogP contribution in [0.15, 0.2) is 30.3 Å². The molecule has 0 bridgehead atoms. The number of morpholine rings is 1. The van der Waals surface area contributed by atoms with Gasteiger partial charge in [-0.1, -0.05) is 18.2 Å². The van der Waals surface area contributed by atoms with Crippen LogP contribution < -0.4 is 15.5 Å². The van der Waals surface area contributed by atoms with E-state index in [0.29, 0.717) is 19.6 Å². The molecule has 1 aromatic carbocycles. The summed E-state index contributed by atoms with van der Waals surface area (Å²) in [5.74, 6) is 0.0782. The molecule has 1 aliphatic heterocycles. The van der Waals surface area contributed by atoms with Crippen LogP contribution >= 0.6 is 24.8 Å². The van der Waals surface area contributed by atoms with Crippen LogP contribution in [0.25, 0.3) is 0 Å². The molecule has 0 aliphatic carbocycles. The number of nitrogens with zero attached hydrogens (tertiary/aromatic N) is 1. The summed E-state index contributed by atoms with van der Waals surface area (Å²) in [4.78, 5) is 13.9. The lowest BCUT2D eigenvalue weighted by Crippen LogP contribution is -2.44. The Morgan fingerprint density at radius 3 is 2.73 bits per heavy atom. The molecule has 0 spiro atoms. The summed E-state index contributed by atoms with van der Waals surface area (Å²) in [5.41, 5.74) is 1.16. The lowest BCUT2D eigenvalue weighted by Gasteiger charge is -2.23. The summed E-state index contributed by atoms with van der Waals surface area (Å²) < 4.78 is 5.33. The maximum absolute atomic E-state index is 11.8. The van der Waals surface area contributed by atoms with Gasteiger partial charge in [0.1, 0.15) is 0 Å². The third-order valence-corrected chi connectivity index (χ3v) is 3.40. The summed E-state index contributed by atoms with van der Waals surface area (Å²) in [5, 5.41) is 6.23. The van der Waals surface area contributed by atoms with Crippen LogP contribution in [0.1, 0.15) is 6.42 Å². The van der Waals surface area contributed by atoms with Crippen LogP contribution in [0.5, 0.6) is 0 Å². The van der Waals surface area contributed by atoms with Crippen molar-refractivity contribution in [2.45, 2.75) is 12.5 Å². The second-order valence-corrected chi connectivity index (χ2v) is 5.04. The van der Waals surface area contributed by atoms with E-state index in [4.69, 9.17) is 4.74 Å². The molecule has 1 unspecified atom stereocenters. The van der Waals surface area contributed by atoms with E-state index in [0.717, 1.165) is 25.4 Å². The molecule has 1 aliphatic rings. The fraction of sp³-hybridized carbons (Fsp3) is 0.533. The van der Waals surface area contributed by atoms with Crippen molar-refractivity contribution >= 4 is 36.4 Å². The molecule has 0 radical (unpaired) electrons. The number of amides is 1. The number of halogens is 2. The Hall–Kier alpha value is -1.01. The van der Waals surface area contributed by atoms with Crippen molar-refractivity contribution in [3.05, 3.63) is 30.3 Å². The van der Waals surface area contributed by atoms with Gasteiger partial charge >= 0.3 is 0 Å². The van der Waals surface area contributed by atoms with E-state index >= 15 is 0 Å². The maximum atomic E-state index is 11.8. The first-order chi connectivity index (χ1) is 9.75. The highest BCUT2D eigenvalue weighted by Gasteiger charge is 2.16. The van der Waals surface area contributed by atoms with Crippen molar-refractivity contribution in [2.24, 2.45) is 0 Å². The molecular formula is C15H25Cl2N3O2. The number of benzene rings is 1. The summed E-state index contributed by atoms with van der Waals surface area (Å²) in [6, 6.07) is 10.3. The molecule has 1 fully saturated rings. The van der Waals surface area contributed by atoms with Gasteiger partial charge in [0, 0.05) is 44.8 Å². The fourth-order valence-electron chi connectivity index (χ4n) is 2.22. The molecule has 126 valence electrons. The van der Waals surface area contributed by atoms with E-state index in [1.807, 2.05) is 25.2 Å². The number of rotatable bonds is 6. The summed E-state index contributed by atoms with van der Waals surface area (Å²) in [6.45, 7) is 3.63. The molecular weight excluding hydrogens is 325 g/mol. The Labute approximate surface area is 144 Å². The predicted molar refractivity (Wildman–Crippen MR) is 94.4 cm³/mol. The van der Waals surface area contributed by atoms with Crippen LogP contribution in [-0.4, -0.2) is 51.8 Å². The molecule has 7 heteroatoms. The van der Waals surface area contributed by atoms with E-state index in [2.05, 4.69) is 27.7 Å². The number of ether oxygens (including phenoxy) is 1. The first kappa shape index (κ1) is 21.0. The summed E-state index contributed by atoms with van der Waals surface area (Å²) in [6.07, 6.45) is 0.481. The average molecular weight is 350 g/mol. The normalized spacial score (nSPS) is 16.9. The molecule has 1 aromatic rings. The van der Waals surface area contributed by atoms with Gasteiger partial charge in [-0.15, -0.1) is 24.8 Å². The molecule has 0 aromatic heterocycles. The molecule has 22 heavy (non-hydrogen) atoms. The lowest BCUT2D eigenvalue weighted by atomic mass is 10.2. The summed E-state index contributed by atoms with van der Waals surface area (Å²) in [7, 11) is 2.03. The zero-order valence-electron chi connectivity index (χ0n) is 12.8. The van der Waals surface area contributed by atoms with Gasteiger partial charge in [0.15, 0.2) is 0 Å². The van der Waals surface area contributed by atoms with Gasteiger partial charge in [-0.3, -0.25) is 4.79 Å². The van der Waals surface area contributed by atoms with Gasteiger partial charge in [-0.25, -0.2) is 0 Å². The van der Waals surface area contributed by atoms with E-state index < -0.39 is 0 Å². The first-order valence-electron chi connectivity index (χ1n) is 7.10. The zero-order valence-corrected chi connectivity index (χ0v) is 14.4. The Morgan fingerprint density at radius 2 is 2.09 bits per heavy atom. The van der Waals surface area contributed by atoms with E-state index in [1.54, 1.807) is 0 Å². The van der Waals surface area contributed by atoms with E-state index in [9.17, 15) is 4.79 Å². The van der Waals surface area contributed by atoms with E-state index in [-0.39, 0.29) is 36.8 Å². The second kappa shape index (κ2) is 11.5. The SMILES string of the molecule is CN(CCNC(=O)CC1COCCN1)c1ccccc1.Cl.Cl. The largest absolute Gasteiger partial charge is 0.378 e. The van der Waals surface area contributed by atoms with Gasteiger partial charge < -0.3 is 20.3 Å². The van der Waals surface area contributed by atoms with Crippen molar-refractivity contribution in [2.75, 3.05) is 44.8 Å². The highest BCUT2D eigenvalue weighted by molar-refractivity contribution is 5.85. The number of anilines is 1. The molecule has 2 N–H and O–H groups in total. The Bertz CT molecular complexity index is 415. The van der Waals surface area contributed by atoms with E-state index in [1.165, 1.54) is 0 Å². The third-order valence-electron chi connectivity index (χ3n) is 3.40. The number of nitrogens with one attached hydrogen (secondary N) is 2. The monoisotopic (exact) mass is 349 g/mol. The second-order valence-electron chi connectivity index (χ2n) is 5.04. The van der Waals surface area contributed by atoms with Crippen LogP contribution in [0.2, 0.25) is 0 Å². The predicted octanol–water partition coefficient (Wildman–Crippen LogP) is 1.46. The third kappa shape index (κ3) is 7.31. The minimum Gasteiger partial charge on any atom is -0.378 e. The van der Waals surface area contributed by atoms with Crippen LogP contribution in [0.4, 0.5) is 5.69 Å². The topological polar surface area (TPSA) is 53.6 Å². The Morgan fingerprint density at radius 1 is 1.36 bits per heavy atom. The van der Waals surface area contributed by atoms with Crippen LogP contribution in [0, 0.1) is 0 Å². The quantitative estimate of drug-likeness (QED) is 0.816.